The van der Waals surface area contributed by atoms with Crippen molar-refractivity contribution in [2.75, 3.05) is 19.6 Å². The van der Waals surface area contributed by atoms with Crippen LogP contribution in [0.3, 0.4) is 0 Å². The molecule has 1 aliphatic heterocycles. The van der Waals surface area contributed by atoms with Crippen molar-refractivity contribution in [2.24, 2.45) is 5.73 Å². The number of aliphatic hydroxyl groups is 2. The van der Waals surface area contributed by atoms with E-state index >= 15 is 0 Å². The number of hydrogen-bond acceptors (Lipinski definition) is 4. The molecule has 18 heavy (non-hydrogen) atoms. The average Bonchev–Trinajstić information content (AvgIpc) is 2.34. The van der Waals surface area contributed by atoms with Gasteiger partial charge in [0.15, 0.2) is 0 Å². The van der Waals surface area contributed by atoms with E-state index in [0.29, 0.717) is 5.56 Å². The predicted molar refractivity (Wildman–Crippen MR) is 67.0 cm³/mol. The van der Waals surface area contributed by atoms with Crippen LogP contribution in [0.4, 0.5) is 0 Å². The van der Waals surface area contributed by atoms with Crippen molar-refractivity contribution >= 4 is 5.91 Å². The number of likely N-dealkylation sites (tertiary alicyclic amines) is 1. The highest BCUT2D eigenvalue weighted by molar-refractivity contribution is 5.95. The van der Waals surface area contributed by atoms with Crippen molar-refractivity contribution in [2.45, 2.75) is 19.1 Å². The van der Waals surface area contributed by atoms with Gasteiger partial charge >= 0.3 is 0 Å². The Labute approximate surface area is 106 Å². The van der Waals surface area contributed by atoms with Crippen LogP contribution in [-0.4, -0.2) is 46.3 Å². The maximum absolute atomic E-state index is 12.1. The zero-order valence-corrected chi connectivity index (χ0v) is 10.4. The molecule has 0 saturated carbocycles. The van der Waals surface area contributed by atoms with Gasteiger partial charge in [-0.05, 0) is 30.2 Å². The first-order valence-corrected chi connectivity index (χ1v) is 5.91. The minimum absolute atomic E-state index is 0.0836. The van der Waals surface area contributed by atoms with E-state index in [1.165, 1.54) is 0 Å². The molecule has 4 N–H and O–H groups in total. The van der Waals surface area contributed by atoms with Gasteiger partial charge < -0.3 is 20.8 Å². The van der Waals surface area contributed by atoms with E-state index in [-0.39, 0.29) is 32.1 Å². The zero-order valence-electron chi connectivity index (χ0n) is 10.4. The Morgan fingerprint density at radius 1 is 1.50 bits per heavy atom. The van der Waals surface area contributed by atoms with Crippen LogP contribution in [0.15, 0.2) is 18.2 Å². The molecule has 1 fully saturated rings. The van der Waals surface area contributed by atoms with Gasteiger partial charge in [-0.25, -0.2) is 0 Å². The smallest absolute Gasteiger partial charge is 0.254 e. The summed E-state index contributed by atoms with van der Waals surface area (Å²) in [4.78, 5) is 13.7. The molecule has 5 nitrogen and oxygen atoms in total. The molecule has 0 bridgehead atoms. The lowest BCUT2D eigenvalue weighted by atomic mass is 9.93. The summed E-state index contributed by atoms with van der Waals surface area (Å²) in [6.07, 6.45) is 0. The van der Waals surface area contributed by atoms with Gasteiger partial charge in [-0.3, -0.25) is 4.79 Å². The minimum atomic E-state index is -0.930. The Kier molecular flexibility index (Phi) is 3.38. The van der Waals surface area contributed by atoms with E-state index in [1.807, 2.05) is 13.0 Å². The molecule has 0 aliphatic carbocycles. The van der Waals surface area contributed by atoms with Crippen molar-refractivity contribution < 1.29 is 15.0 Å². The molecule has 2 rings (SSSR count). The number of hydrogen-bond donors (Lipinski definition) is 3. The molecule has 98 valence electrons. The number of nitrogens with zero attached hydrogens (tertiary/aromatic N) is 1. The molecule has 1 heterocycles. The van der Waals surface area contributed by atoms with Crippen LogP contribution < -0.4 is 5.73 Å². The van der Waals surface area contributed by atoms with Gasteiger partial charge in [0, 0.05) is 12.1 Å². The normalized spacial score (nSPS) is 17.4. The Morgan fingerprint density at radius 3 is 2.72 bits per heavy atom. The zero-order chi connectivity index (χ0) is 13.3. The molecule has 1 aliphatic rings. The fraction of sp³-hybridized carbons (Fsp3) is 0.462. The molecule has 0 spiro atoms. The highest BCUT2D eigenvalue weighted by Crippen LogP contribution is 2.22. The maximum Gasteiger partial charge on any atom is 0.254 e. The first-order valence-electron chi connectivity index (χ1n) is 5.91. The standard InChI is InChI=1S/C13H18N2O3/c1-9-2-3-10(4-11(9)5-16)12(17)15-7-13(18,6-14)8-15/h2-4,16,18H,5-8,14H2,1H3. The number of nitrogens with two attached hydrogens (primary N) is 1. The van der Waals surface area contributed by atoms with Gasteiger partial charge in [-0.1, -0.05) is 6.07 Å². The van der Waals surface area contributed by atoms with Crippen LogP contribution in [0.2, 0.25) is 0 Å². The Hall–Kier alpha value is -1.43. The second-order valence-corrected chi connectivity index (χ2v) is 4.89. The van der Waals surface area contributed by atoms with E-state index in [4.69, 9.17) is 5.73 Å². The maximum atomic E-state index is 12.1. The topological polar surface area (TPSA) is 86.8 Å². The molecular weight excluding hydrogens is 232 g/mol. The third kappa shape index (κ3) is 2.25. The fourth-order valence-electron chi connectivity index (χ4n) is 2.09. The van der Waals surface area contributed by atoms with Gasteiger partial charge in [-0.2, -0.15) is 0 Å². The van der Waals surface area contributed by atoms with E-state index in [2.05, 4.69) is 0 Å². The first-order chi connectivity index (χ1) is 8.49. The molecule has 0 radical (unpaired) electrons. The summed E-state index contributed by atoms with van der Waals surface area (Å²) in [5.74, 6) is -0.136. The van der Waals surface area contributed by atoms with Crippen LogP contribution in [0.1, 0.15) is 21.5 Å². The van der Waals surface area contributed by atoms with Gasteiger partial charge in [-0.15, -0.1) is 0 Å². The van der Waals surface area contributed by atoms with Crippen molar-refractivity contribution in [3.63, 3.8) is 0 Å². The van der Waals surface area contributed by atoms with Gasteiger partial charge in [0.1, 0.15) is 5.60 Å². The Morgan fingerprint density at radius 2 is 2.17 bits per heavy atom. The lowest BCUT2D eigenvalue weighted by Crippen LogP contribution is -2.66. The van der Waals surface area contributed by atoms with Crippen LogP contribution in [-0.2, 0) is 6.61 Å². The molecule has 1 aromatic carbocycles. The number of carbonyl (C=O) groups is 1. The molecule has 0 aromatic heterocycles. The predicted octanol–water partition coefficient (Wildman–Crippen LogP) is -0.367. The quantitative estimate of drug-likeness (QED) is 0.683. The molecule has 1 aromatic rings. The first kappa shape index (κ1) is 13.0. The summed E-state index contributed by atoms with van der Waals surface area (Å²) < 4.78 is 0. The second kappa shape index (κ2) is 4.68. The van der Waals surface area contributed by atoms with Crippen LogP contribution >= 0.6 is 0 Å². The third-order valence-electron chi connectivity index (χ3n) is 3.40. The summed E-state index contributed by atoms with van der Waals surface area (Å²) in [5.41, 5.74) is 6.71. The summed E-state index contributed by atoms with van der Waals surface area (Å²) in [6, 6.07) is 5.24. The number of benzene rings is 1. The third-order valence-corrected chi connectivity index (χ3v) is 3.40. The Bertz CT molecular complexity index is 467. The number of aliphatic hydroxyl groups excluding tert-OH is 1. The van der Waals surface area contributed by atoms with Crippen molar-refractivity contribution in [3.05, 3.63) is 34.9 Å². The Balaban J connectivity index is 2.11. The molecular formula is C13H18N2O3. The van der Waals surface area contributed by atoms with Gasteiger partial charge in [0.2, 0.25) is 0 Å². The molecule has 0 unspecified atom stereocenters. The van der Waals surface area contributed by atoms with Crippen LogP contribution in [0.5, 0.6) is 0 Å². The van der Waals surface area contributed by atoms with E-state index < -0.39 is 5.60 Å². The molecule has 5 heteroatoms. The van der Waals surface area contributed by atoms with Crippen molar-refractivity contribution in [1.82, 2.24) is 4.90 Å². The number of aryl methyl sites for hydroxylation is 1. The number of β-amino-alcohol motifs (C(OH)–C–C–N with tert-alkyl or cyclic N) is 1. The minimum Gasteiger partial charge on any atom is -0.392 e. The molecule has 1 saturated heterocycles. The summed E-state index contributed by atoms with van der Waals surface area (Å²) in [6.45, 7) is 2.50. The number of rotatable bonds is 3. The number of amides is 1. The van der Waals surface area contributed by atoms with Crippen LogP contribution in [0, 0.1) is 6.92 Å². The largest absolute Gasteiger partial charge is 0.392 e. The van der Waals surface area contributed by atoms with E-state index in [1.54, 1.807) is 17.0 Å². The molecule has 1 amide bonds. The van der Waals surface area contributed by atoms with E-state index in [9.17, 15) is 15.0 Å². The highest BCUT2D eigenvalue weighted by atomic mass is 16.3. The lowest BCUT2D eigenvalue weighted by Gasteiger charge is -2.45. The molecule has 0 atom stereocenters. The van der Waals surface area contributed by atoms with E-state index in [0.717, 1.165) is 11.1 Å². The van der Waals surface area contributed by atoms with Crippen molar-refractivity contribution in [1.29, 1.82) is 0 Å². The monoisotopic (exact) mass is 250 g/mol. The SMILES string of the molecule is Cc1ccc(C(=O)N2CC(O)(CN)C2)cc1CO. The summed E-state index contributed by atoms with van der Waals surface area (Å²) >= 11 is 0. The fourth-order valence-corrected chi connectivity index (χ4v) is 2.09. The van der Waals surface area contributed by atoms with Gasteiger partial charge in [0.25, 0.3) is 5.91 Å². The highest BCUT2D eigenvalue weighted by Gasteiger charge is 2.42. The lowest BCUT2D eigenvalue weighted by molar-refractivity contribution is -0.0734. The average molecular weight is 250 g/mol. The summed E-state index contributed by atoms with van der Waals surface area (Å²) in [5, 5.41) is 18.9. The summed E-state index contributed by atoms with van der Waals surface area (Å²) in [7, 11) is 0. The van der Waals surface area contributed by atoms with Crippen molar-refractivity contribution in [3.8, 4) is 0 Å². The number of carbonyl (C=O) groups excluding carboxylic acids is 1. The van der Waals surface area contributed by atoms with Gasteiger partial charge in [0.05, 0.1) is 19.7 Å². The second-order valence-electron chi connectivity index (χ2n) is 4.89. The van der Waals surface area contributed by atoms with Crippen LogP contribution in [0.25, 0.3) is 0 Å².